The van der Waals surface area contributed by atoms with E-state index in [0.717, 1.165) is 17.7 Å². The molecule has 0 bridgehead atoms. The Bertz CT molecular complexity index is 538. The number of nitro groups is 1. The summed E-state index contributed by atoms with van der Waals surface area (Å²) in [6.45, 7) is 2.29. The van der Waals surface area contributed by atoms with Crippen molar-refractivity contribution in [1.82, 2.24) is 10.2 Å². The number of non-ortho nitro benzene ring substituents is 1. The van der Waals surface area contributed by atoms with Gasteiger partial charge >= 0.3 is 0 Å². The van der Waals surface area contributed by atoms with E-state index >= 15 is 0 Å². The van der Waals surface area contributed by atoms with Crippen molar-refractivity contribution >= 4 is 23.4 Å². The highest BCUT2D eigenvalue weighted by Crippen LogP contribution is 2.28. The van der Waals surface area contributed by atoms with E-state index in [1.54, 1.807) is 22.7 Å². The third-order valence-corrected chi connectivity index (χ3v) is 4.27. The first kappa shape index (κ1) is 15.8. The summed E-state index contributed by atoms with van der Waals surface area (Å²) in [5.74, 6) is 1.02. The molecule has 0 saturated carbocycles. The molecule has 1 heterocycles. The van der Waals surface area contributed by atoms with Gasteiger partial charge in [-0.25, -0.2) is 0 Å². The number of hydrogen-bond acceptors (Lipinski definition) is 5. The number of thioether (sulfide) groups is 1. The number of nitro benzene ring substituents is 1. The summed E-state index contributed by atoms with van der Waals surface area (Å²) in [6.07, 6.45) is 2.66. The number of rotatable bonds is 6. The van der Waals surface area contributed by atoms with Crippen molar-refractivity contribution in [3.05, 3.63) is 39.9 Å². The molecule has 2 rings (SSSR count). The van der Waals surface area contributed by atoms with E-state index in [2.05, 4.69) is 5.32 Å². The Hall–Kier alpha value is -1.60. The van der Waals surface area contributed by atoms with Crippen molar-refractivity contribution in [1.29, 1.82) is 0 Å². The van der Waals surface area contributed by atoms with Gasteiger partial charge in [0.1, 0.15) is 6.17 Å². The van der Waals surface area contributed by atoms with Gasteiger partial charge in [-0.3, -0.25) is 20.2 Å². The Balaban J connectivity index is 2.22. The summed E-state index contributed by atoms with van der Waals surface area (Å²) in [5.41, 5.74) is 0.802. The average molecular weight is 309 g/mol. The van der Waals surface area contributed by atoms with Crippen LogP contribution in [-0.4, -0.2) is 40.3 Å². The second-order valence-electron chi connectivity index (χ2n) is 5.07. The molecule has 6 nitrogen and oxygen atoms in total. The van der Waals surface area contributed by atoms with Gasteiger partial charge in [0.25, 0.3) is 5.69 Å². The van der Waals surface area contributed by atoms with Crippen molar-refractivity contribution in [2.45, 2.75) is 25.6 Å². The third-order valence-electron chi connectivity index (χ3n) is 3.62. The van der Waals surface area contributed by atoms with E-state index in [1.807, 2.05) is 19.2 Å². The molecule has 7 heteroatoms. The van der Waals surface area contributed by atoms with Gasteiger partial charge in [0.2, 0.25) is 5.91 Å². The highest BCUT2D eigenvalue weighted by molar-refractivity contribution is 7.98. The predicted octanol–water partition coefficient (Wildman–Crippen LogP) is 2.17. The third kappa shape index (κ3) is 3.54. The minimum atomic E-state index is -0.415. The molecule has 2 atom stereocenters. The molecule has 21 heavy (non-hydrogen) atoms. The largest absolute Gasteiger partial charge is 0.319 e. The molecule has 0 aliphatic carbocycles. The number of benzene rings is 1. The molecule has 1 N–H and O–H groups in total. The smallest absolute Gasteiger partial charge is 0.269 e. The molecule has 1 aromatic carbocycles. The van der Waals surface area contributed by atoms with Gasteiger partial charge in [-0.2, -0.15) is 11.8 Å². The van der Waals surface area contributed by atoms with Crippen molar-refractivity contribution in [2.24, 2.45) is 0 Å². The van der Waals surface area contributed by atoms with Crippen LogP contribution in [0.3, 0.4) is 0 Å². The molecule has 0 spiro atoms. The predicted molar refractivity (Wildman–Crippen MR) is 83.1 cm³/mol. The van der Waals surface area contributed by atoms with E-state index in [9.17, 15) is 14.9 Å². The number of amides is 1. The first-order chi connectivity index (χ1) is 10.0. The molecule has 1 amide bonds. The number of nitrogens with zero attached hydrogens (tertiary/aromatic N) is 2. The quantitative estimate of drug-likeness (QED) is 0.644. The fourth-order valence-electron chi connectivity index (χ4n) is 2.53. The van der Waals surface area contributed by atoms with Crippen LogP contribution in [0.2, 0.25) is 0 Å². The van der Waals surface area contributed by atoms with Crippen LogP contribution in [0.25, 0.3) is 0 Å². The van der Waals surface area contributed by atoms with Crippen LogP contribution in [0.1, 0.15) is 25.1 Å². The first-order valence-corrected chi connectivity index (χ1v) is 8.22. The van der Waals surface area contributed by atoms with Gasteiger partial charge < -0.3 is 4.90 Å². The molecular formula is C14H19N3O3S. The Kier molecular flexibility index (Phi) is 5.19. The van der Waals surface area contributed by atoms with Crippen molar-refractivity contribution in [2.75, 3.05) is 18.6 Å². The van der Waals surface area contributed by atoms with Crippen LogP contribution in [-0.2, 0) is 4.79 Å². The maximum absolute atomic E-state index is 12.1. The van der Waals surface area contributed by atoms with Crippen LogP contribution < -0.4 is 5.32 Å². The van der Waals surface area contributed by atoms with Gasteiger partial charge in [0, 0.05) is 18.2 Å². The number of carbonyl (C=O) groups excluding carboxylic acids is 1. The van der Waals surface area contributed by atoms with Crippen LogP contribution >= 0.6 is 11.8 Å². The lowest BCUT2D eigenvalue weighted by molar-refractivity contribution is -0.385. The second kappa shape index (κ2) is 6.91. The zero-order valence-corrected chi connectivity index (χ0v) is 12.9. The molecule has 114 valence electrons. The van der Waals surface area contributed by atoms with Crippen LogP contribution in [0.4, 0.5) is 5.69 Å². The topological polar surface area (TPSA) is 75.5 Å². The Labute approximate surface area is 128 Å². The molecular weight excluding hydrogens is 290 g/mol. The van der Waals surface area contributed by atoms with E-state index in [1.165, 1.54) is 12.1 Å². The Morgan fingerprint density at radius 2 is 2.33 bits per heavy atom. The lowest BCUT2D eigenvalue weighted by atomic mass is 10.1. The lowest BCUT2D eigenvalue weighted by Crippen LogP contribution is -2.38. The highest BCUT2D eigenvalue weighted by atomic mass is 32.2. The number of hydrogen-bond donors (Lipinski definition) is 1. The number of nitrogens with one attached hydrogen (secondary N) is 1. The van der Waals surface area contributed by atoms with Crippen LogP contribution in [0.5, 0.6) is 0 Å². The van der Waals surface area contributed by atoms with Gasteiger partial charge in [0.15, 0.2) is 0 Å². The maximum Gasteiger partial charge on any atom is 0.269 e. The van der Waals surface area contributed by atoms with E-state index < -0.39 is 4.92 Å². The second-order valence-corrected chi connectivity index (χ2v) is 6.05. The highest BCUT2D eigenvalue weighted by Gasteiger charge is 2.35. The van der Waals surface area contributed by atoms with Gasteiger partial charge in [-0.05, 0) is 30.9 Å². The maximum atomic E-state index is 12.1. The van der Waals surface area contributed by atoms with Crippen LogP contribution in [0.15, 0.2) is 24.3 Å². The fraction of sp³-hybridized carbons (Fsp3) is 0.500. The molecule has 1 aliphatic heterocycles. The summed E-state index contributed by atoms with van der Waals surface area (Å²) in [4.78, 5) is 24.4. The number of carbonyl (C=O) groups is 1. The van der Waals surface area contributed by atoms with Crippen LogP contribution in [0, 0.1) is 10.1 Å². The van der Waals surface area contributed by atoms with Gasteiger partial charge in [0.05, 0.1) is 11.5 Å². The summed E-state index contributed by atoms with van der Waals surface area (Å²) in [7, 11) is 0. The molecule has 1 saturated heterocycles. The summed E-state index contributed by atoms with van der Waals surface area (Å²) >= 11 is 1.75. The van der Waals surface area contributed by atoms with Crippen molar-refractivity contribution in [3.63, 3.8) is 0 Å². The van der Waals surface area contributed by atoms with E-state index in [0.29, 0.717) is 0 Å². The molecule has 0 radical (unpaired) electrons. The van der Waals surface area contributed by atoms with Crippen molar-refractivity contribution < 1.29 is 9.72 Å². The summed E-state index contributed by atoms with van der Waals surface area (Å²) < 4.78 is 0. The van der Waals surface area contributed by atoms with Crippen molar-refractivity contribution in [3.8, 4) is 0 Å². The standard InChI is InChI=1S/C14H19N3O3S/c1-10(6-7-21-2)16-13(18)9-15-14(16)11-4-3-5-12(8-11)17(19)20/h3-5,8,10,14-15H,6-7,9H2,1-2H3. The van der Waals surface area contributed by atoms with E-state index in [-0.39, 0.29) is 30.3 Å². The lowest BCUT2D eigenvalue weighted by Gasteiger charge is -2.30. The molecule has 0 aromatic heterocycles. The van der Waals surface area contributed by atoms with E-state index in [4.69, 9.17) is 0 Å². The summed E-state index contributed by atoms with van der Waals surface area (Å²) in [6, 6.07) is 6.57. The normalized spacial score (nSPS) is 19.8. The van der Waals surface area contributed by atoms with Gasteiger partial charge in [-0.15, -0.1) is 0 Å². The molecule has 1 aliphatic rings. The molecule has 1 aromatic rings. The Morgan fingerprint density at radius 3 is 3.00 bits per heavy atom. The average Bonchev–Trinajstić information content (AvgIpc) is 2.86. The monoisotopic (exact) mass is 309 g/mol. The summed E-state index contributed by atoms with van der Waals surface area (Å²) in [5, 5.41) is 14.0. The minimum Gasteiger partial charge on any atom is -0.319 e. The zero-order chi connectivity index (χ0) is 15.4. The SMILES string of the molecule is CSCCC(C)N1C(=O)CNC1c1cccc([N+](=O)[O-])c1. The minimum absolute atomic E-state index is 0.0418. The van der Waals surface area contributed by atoms with Gasteiger partial charge in [-0.1, -0.05) is 12.1 Å². The molecule has 1 fully saturated rings. The Morgan fingerprint density at radius 1 is 1.57 bits per heavy atom. The fourth-order valence-corrected chi connectivity index (χ4v) is 3.11. The zero-order valence-electron chi connectivity index (χ0n) is 12.1. The molecule has 2 unspecified atom stereocenters. The first-order valence-electron chi connectivity index (χ1n) is 6.82.